The van der Waals surface area contributed by atoms with Crippen LogP contribution in [-0.2, 0) is 6.54 Å². The van der Waals surface area contributed by atoms with Crippen LogP contribution in [0.3, 0.4) is 0 Å². The lowest BCUT2D eigenvalue weighted by molar-refractivity contribution is 0.582. The van der Waals surface area contributed by atoms with Crippen LogP contribution in [0.4, 0.5) is 13.2 Å². The Morgan fingerprint density at radius 1 is 1.05 bits per heavy atom. The van der Waals surface area contributed by atoms with Gasteiger partial charge in [-0.25, -0.2) is 13.2 Å². The highest BCUT2D eigenvalue weighted by Gasteiger charge is 2.17. The highest BCUT2D eigenvalue weighted by molar-refractivity contribution is 5.69. The zero-order valence-electron chi connectivity index (χ0n) is 11.4. The number of rotatable bonds is 4. The molecule has 2 aromatic rings. The van der Waals surface area contributed by atoms with Gasteiger partial charge in [-0.3, -0.25) is 0 Å². The third-order valence-electron chi connectivity index (χ3n) is 3.19. The Morgan fingerprint density at radius 2 is 1.80 bits per heavy atom. The van der Waals surface area contributed by atoms with E-state index in [1.807, 2.05) is 6.92 Å². The number of nitrogens with one attached hydrogen (secondary N) is 1. The number of hydrogen-bond donors (Lipinski definition) is 1. The van der Waals surface area contributed by atoms with E-state index >= 15 is 0 Å². The van der Waals surface area contributed by atoms with Crippen molar-refractivity contribution in [3.63, 3.8) is 0 Å². The molecule has 0 saturated heterocycles. The third-order valence-corrected chi connectivity index (χ3v) is 3.19. The predicted molar refractivity (Wildman–Crippen MR) is 73.9 cm³/mol. The van der Waals surface area contributed by atoms with Gasteiger partial charge in [0.05, 0.1) is 5.56 Å². The molecule has 0 aliphatic heterocycles. The fourth-order valence-electron chi connectivity index (χ4n) is 2.12. The standard InChI is InChI=1S/C16H16F3N/c1-3-20-9-11-8-12(17)5-6-13(11)15-14(18)7-4-10(2)16(15)19/h4-8,20H,3,9H2,1-2H3. The van der Waals surface area contributed by atoms with Crippen LogP contribution in [0.15, 0.2) is 30.3 Å². The van der Waals surface area contributed by atoms with Gasteiger partial charge in [-0.1, -0.05) is 19.1 Å². The second-order valence-corrected chi connectivity index (χ2v) is 4.64. The van der Waals surface area contributed by atoms with Crippen molar-refractivity contribution in [3.8, 4) is 11.1 Å². The van der Waals surface area contributed by atoms with E-state index in [1.54, 1.807) is 6.92 Å². The summed E-state index contributed by atoms with van der Waals surface area (Å²) < 4.78 is 41.5. The minimum Gasteiger partial charge on any atom is -0.313 e. The van der Waals surface area contributed by atoms with Crippen molar-refractivity contribution in [3.05, 3.63) is 58.9 Å². The zero-order valence-corrected chi connectivity index (χ0v) is 11.4. The molecule has 0 radical (unpaired) electrons. The molecule has 0 amide bonds. The minimum atomic E-state index is -0.641. The first-order valence-electron chi connectivity index (χ1n) is 6.48. The van der Waals surface area contributed by atoms with Crippen molar-refractivity contribution in [1.29, 1.82) is 0 Å². The van der Waals surface area contributed by atoms with Gasteiger partial charge in [-0.2, -0.15) is 0 Å². The van der Waals surface area contributed by atoms with E-state index < -0.39 is 17.5 Å². The summed E-state index contributed by atoms with van der Waals surface area (Å²) in [5.74, 6) is -1.66. The van der Waals surface area contributed by atoms with Gasteiger partial charge in [0.15, 0.2) is 0 Å². The van der Waals surface area contributed by atoms with Gasteiger partial charge in [0.2, 0.25) is 0 Å². The molecule has 2 aromatic carbocycles. The highest BCUT2D eigenvalue weighted by Crippen LogP contribution is 2.31. The molecule has 1 N–H and O–H groups in total. The lowest BCUT2D eigenvalue weighted by atomic mass is 9.96. The van der Waals surface area contributed by atoms with Crippen LogP contribution in [0.2, 0.25) is 0 Å². The molecule has 0 fully saturated rings. The van der Waals surface area contributed by atoms with Gasteiger partial charge in [0, 0.05) is 6.54 Å². The molecular formula is C16H16F3N. The molecule has 0 aliphatic carbocycles. The zero-order chi connectivity index (χ0) is 14.7. The summed E-state index contributed by atoms with van der Waals surface area (Å²) in [4.78, 5) is 0. The van der Waals surface area contributed by atoms with E-state index in [1.165, 1.54) is 30.3 Å². The largest absolute Gasteiger partial charge is 0.313 e. The maximum Gasteiger partial charge on any atom is 0.136 e. The molecule has 0 aromatic heterocycles. The Kier molecular flexibility index (Phi) is 4.45. The van der Waals surface area contributed by atoms with Crippen LogP contribution in [-0.4, -0.2) is 6.54 Å². The number of hydrogen-bond acceptors (Lipinski definition) is 1. The Labute approximate surface area is 116 Å². The summed E-state index contributed by atoms with van der Waals surface area (Å²) in [5, 5.41) is 3.04. The summed E-state index contributed by atoms with van der Waals surface area (Å²) in [6.45, 7) is 4.53. The van der Waals surface area contributed by atoms with E-state index in [4.69, 9.17) is 0 Å². The fraction of sp³-hybridized carbons (Fsp3) is 0.250. The fourth-order valence-corrected chi connectivity index (χ4v) is 2.12. The van der Waals surface area contributed by atoms with Crippen molar-refractivity contribution < 1.29 is 13.2 Å². The molecule has 106 valence electrons. The molecule has 0 saturated carbocycles. The SMILES string of the molecule is CCNCc1cc(F)ccc1-c1c(F)ccc(C)c1F. The van der Waals surface area contributed by atoms with E-state index in [0.29, 0.717) is 29.8 Å². The average molecular weight is 279 g/mol. The number of halogens is 3. The second-order valence-electron chi connectivity index (χ2n) is 4.64. The number of aryl methyl sites for hydroxylation is 1. The van der Waals surface area contributed by atoms with Crippen LogP contribution in [0.5, 0.6) is 0 Å². The van der Waals surface area contributed by atoms with Crippen molar-refractivity contribution in [1.82, 2.24) is 5.32 Å². The summed E-state index contributed by atoms with van der Waals surface area (Å²) in [6.07, 6.45) is 0. The molecule has 0 unspecified atom stereocenters. The smallest absolute Gasteiger partial charge is 0.136 e. The summed E-state index contributed by atoms with van der Waals surface area (Å²) in [5.41, 5.74) is 1.18. The van der Waals surface area contributed by atoms with Crippen molar-refractivity contribution in [2.24, 2.45) is 0 Å². The van der Waals surface area contributed by atoms with Crippen LogP contribution < -0.4 is 5.32 Å². The first-order valence-corrected chi connectivity index (χ1v) is 6.48. The van der Waals surface area contributed by atoms with Crippen LogP contribution in [0.1, 0.15) is 18.1 Å². The normalized spacial score (nSPS) is 10.8. The molecule has 0 atom stereocenters. The maximum atomic E-state index is 14.2. The average Bonchev–Trinajstić information content (AvgIpc) is 2.43. The first kappa shape index (κ1) is 14.6. The quantitative estimate of drug-likeness (QED) is 0.885. The Bertz CT molecular complexity index is 623. The van der Waals surface area contributed by atoms with Gasteiger partial charge in [0.1, 0.15) is 17.5 Å². The van der Waals surface area contributed by atoms with Gasteiger partial charge in [-0.05, 0) is 48.4 Å². The molecule has 0 heterocycles. The van der Waals surface area contributed by atoms with Gasteiger partial charge < -0.3 is 5.32 Å². The number of benzene rings is 2. The molecule has 2 rings (SSSR count). The van der Waals surface area contributed by atoms with Crippen LogP contribution in [0, 0.1) is 24.4 Å². The molecule has 0 aliphatic rings. The van der Waals surface area contributed by atoms with Crippen LogP contribution in [0.25, 0.3) is 11.1 Å². The third kappa shape index (κ3) is 2.85. The molecular weight excluding hydrogens is 263 g/mol. The molecule has 20 heavy (non-hydrogen) atoms. The Balaban J connectivity index is 2.60. The summed E-state index contributed by atoms with van der Waals surface area (Å²) in [6, 6.07) is 6.56. The lowest BCUT2D eigenvalue weighted by Crippen LogP contribution is -2.13. The van der Waals surface area contributed by atoms with Gasteiger partial charge in [0.25, 0.3) is 0 Å². The Hall–Kier alpha value is -1.81. The minimum absolute atomic E-state index is 0.0992. The van der Waals surface area contributed by atoms with Crippen molar-refractivity contribution in [2.75, 3.05) is 6.54 Å². The second kappa shape index (κ2) is 6.09. The predicted octanol–water partition coefficient (Wildman–Crippen LogP) is 4.19. The highest BCUT2D eigenvalue weighted by atomic mass is 19.1. The van der Waals surface area contributed by atoms with E-state index in [9.17, 15) is 13.2 Å². The van der Waals surface area contributed by atoms with Crippen LogP contribution >= 0.6 is 0 Å². The summed E-state index contributed by atoms with van der Waals surface area (Å²) >= 11 is 0. The van der Waals surface area contributed by atoms with Crippen molar-refractivity contribution in [2.45, 2.75) is 20.4 Å². The van der Waals surface area contributed by atoms with Gasteiger partial charge >= 0.3 is 0 Å². The first-order chi connectivity index (χ1) is 9.54. The lowest BCUT2D eigenvalue weighted by Gasteiger charge is -2.13. The molecule has 0 spiro atoms. The monoisotopic (exact) mass is 279 g/mol. The molecule has 1 nitrogen and oxygen atoms in total. The molecule has 4 heteroatoms. The van der Waals surface area contributed by atoms with E-state index in [0.717, 1.165) is 0 Å². The molecule has 0 bridgehead atoms. The van der Waals surface area contributed by atoms with E-state index in [-0.39, 0.29) is 5.56 Å². The topological polar surface area (TPSA) is 12.0 Å². The maximum absolute atomic E-state index is 14.2. The van der Waals surface area contributed by atoms with Gasteiger partial charge in [-0.15, -0.1) is 0 Å². The van der Waals surface area contributed by atoms with E-state index in [2.05, 4.69) is 5.32 Å². The Morgan fingerprint density at radius 3 is 2.50 bits per heavy atom. The summed E-state index contributed by atoms with van der Waals surface area (Å²) in [7, 11) is 0. The van der Waals surface area contributed by atoms with Crippen molar-refractivity contribution >= 4 is 0 Å².